The second-order valence-corrected chi connectivity index (χ2v) is 2.54. The van der Waals surface area contributed by atoms with E-state index < -0.39 is 12.0 Å². The molecule has 0 atom stereocenters. The van der Waals surface area contributed by atoms with Crippen LogP contribution < -0.4 is 0 Å². The molecule has 0 aliphatic rings. The summed E-state index contributed by atoms with van der Waals surface area (Å²) in [5, 5.41) is 0. The Morgan fingerprint density at radius 3 is 2.54 bits per heavy atom. The minimum absolute atomic E-state index is 0.210. The quantitative estimate of drug-likeness (QED) is 0.676. The van der Waals surface area contributed by atoms with Gasteiger partial charge in [0, 0.05) is 6.20 Å². The lowest BCUT2D eigenvalue weighted by molar-refractivity contribution is -0.145. The van der Waals surface area contributed by atoms with Gasteiger partial charge in [-0.15, -0.1) is 0 Å². The Hall–Kier alpha value is -1.39. The van der Waals surface area contributed by atoms with Crippen LogP contribution in [0.2, 0.25) is 0 Å². The van der Waals surface area contributed by atoms with Gasteiger partial charge in [0.25, 0.3) is 0 Å². The first-order valence-electron chi connectivity index (χ1n) is 3.47. The minimum Gasteiger partial charge on any atom is -0.233 e. The van der Waals surface area contributed by atoms with E-state index in [-0.39, 0.29) is 5.69 Å². The summed E-state index contributed by atoms with van der Waals surface area (Å²) in [6.45, 7) is 5.08. The fourth-order valence-electron chi connectivity index (χ4n) is 0.733. The molecular weight excluding hydrogens is 181 g/mol. The number of allylic oxidation sites excluding steroid dienone is 1. The van der Waals surface area contributed by atoms with Crippen LogP contribution in [-0.4, -0.2) is 9.97 Å². The van der Waals surface area contributed by atoms with Crippen LogP contribution in [0.1, 0.15) is 18.4 Å². The van der Waals surface area contributed by atoms with Crippen molar-refractivity contribution in [1.82, 2.24) is 9.97 Å². The fourth-order valence-corrected chi connectivity index (χ4v) is 0.733. The molecule has 0 saturated carbocycles. The molecule has 5 heteroatoms. The van der Waals surface area contributed by atoms with E-state index in [2.05, 4.69) is 16.5 Å². The third kappa shape index (κ3) is 2.27. The van der Waals surface area contributed by atoms with Gasteiger partial charge in [0.2, 0.25) is 5.82 Å². The van der Waals surface area contributed by atoms with E-state index in [9.17, 15) is 13.2 Å². The van der Waals surface area contributed by atoms with Gasteiger partial charge in [-0.2, -0.15) is 13.2 Å². The summed E-state index contributed by atoms with van der Waals surface area (Å²) in [7, 11) is 0. The Balaban J connectivity index is 3.13. The standard InChI is InChI=1S/C8H7F3N2/c1-5(2)6-3-4-12-7(13-6)8(9,10)11/h3-4H,1H2,2H3. The van der Waals surface area contributed by atoms with E-state index in [0.29, 0.717) is 5.57 Å². The van der Waals surface area contributed by atoms with Crippen LogP contribution in [0.3, 0.4) is 0 Å². The maximum Gasteiger partial charge on any atom is 0.451 e. The van der Waals surface area contributed by atoms with Crippen LogP contribution in [-0.2, 0) is 6.18 Å². The zero-order valence-corrected chi connectivity index (χ0v) is 6.89. The first-order valence-corrected chi connectivity index (χ1v) is 3.47. The number of rotatable bonds is 1. The van der Waals surface area contributed by atoms with Crippen molar-refractivity contribution in [2.75, 3.05) is 0 Å². The van der Waals surface area contributed by atoms with E-state index in [1.807, 2.05) is 0 Å². The lowest BCUT2D eigenvalue weighted by Gasteiger charge is -2.05. The maximum absolute atomic E-state index is 12.1. The van der Waals surface area contributed by atoms with Gasteiger partial charge >= 0.3 is 6.18 Å². The Labute approximate surface area is 73.1 Å². The van der Waals surface area contributed by atoms with E-state index in [4.69, 9.17) is 0 Å². The molecule has 13 heavy (non-hydrogen) atoms. The molecule has 2 nitrogen and oxygen atoms in total. The highest BCUT2D eigenvalue weighted by Crippen LogP contribution is 2.26. The third-order valence-corrected chi connectivity index (χ3v) is 1.35. The molecule has 1 aromatic rings. The normalized spacial score (nSPS) is 11.4. The number of halogens is 3. The van der Waals surface area contributed by atoms with Crippen molar-refractivity contribution in [2.45, 2.75) is 13.1 Å². The van der Waals surface area contributed by atoms with Crippen molar-refractivity contribution < 1.29 is 13.2 Å². The molecule has 0 aliphatic carbocycles. The SMILES string of the molecule is C=C(C)c1ccnc(C(F)(F)F)n1. The van der Waals surface area contributed by atoms with Crippen LogP contribution in [0, 0.1) is 0 Å². The summed E-state index contributed by atoms with van der Waals surface area (Å²) in [5.41, 5.74) is 0.690. The van der Waals surface area contributed by atoms with Gasteiger partial charge < -0.3 is 0 Å². The molecule has 0 saturated heterocycles. The first-order chi connectivity index (χ1) is 5.91. The zero-order valence-electron chi connectivity index (χ0n) is 6.89. The molecule has 1 aromatic heterocycles. The van der Waals surface area contributed by atoms with Crippen molar-refractivity contribution in [3.05, 3.63) is 30.4 Å². The van der Waals surface area contributed by atoms with Gasteiger partial charge in [0.1, 0.15) is 0 Å². The molecule has 0 unspecified atom stereocenters. The number of aromatic nitrogens is 2. The molecule has 70 valence electrons. The van der Waals surface area contributed by atoms with Crippen molar-refractivity contribution in [3.8, 4) is 0 Å². The predicted molar refractivity (Wildman–Crippen MR) is 41.7 cm³/mol. The molecule has 0 N–H and O–H groups in total. The summed E-state index contributed by atoms with van der Waals surface area (Å²) in [6.07, 6.45) is -3.43. The smallest absolute Gasteiger partial charge is 0.233 e. The van der Waals surface area contributed by atoms with Crippen LogP contribution in [0.4, 0.5) is 13.2 Å². The van der Waals surface area contributed by atoms with Crippen LogP contribution in [0.15, 0.2) is 18.8 Å². The highest BCUT2D eigenvalue weighted by Gasteiger charge is 2.34. The predicted octanol–water partition coefficient (Wildman–Crippen LogP) is 2.53. The summed E-state index contributed by atoms with van der Waals surface area (Å²) in [4.78, 5) is 6.42. The molecule has 0 radical (unpaired) electrons. The van der Waals surface area contributed by atoms with Gasteiger partial charge in [-0.25, -0.2) is 9.97 Å². The lowest BCUT2D eigenvalue weighted by atomic mass is 10.2. The summed E-state index contributed by atoms with van der Waals surface area (Å²) >= 11 is 0. The Bertz CT molecular complexity index is 330. The average molecular weight is 188 g/mol. The minimum atomic E-state index is -4.49. The average Bonchev–Trinajstić information content (AvgIpc) is 2.03. The summed E-state index contributed by atoms with van der Waals surface area (Å²) < 4.78 is 36.2. The van der Waals surface area contributed by atoms with E-state index in [0.717, 1.165) is 6.20 Å². The molecule has 0 bridgehead atoms. The van der Waals surface area contributed by atoms with Gasteiger partial charge in [-0.05, 0) is 18.6 Å². The second-order valence-electron chi connectivity index (χ2n) is 2.54. The number of nitrogens with zero attached hydrogens (tertiary/aromatic N) is 2. The van der Waals surface area contributed by atoms with Gasteiger partial charge in [-0.3, -0.25) is 0 Å². The topological polar surface area (TPSA) is 25.8 Å². The number of alkyl halides is 3. The number of hydrogen-bond donors (Lipinski definition) is 0. The lowest BCUT2D eigenvalue weighted by Crippen LogP contribution is -2.11. The van der Waals surface area contributed by atoms with Crippen LogP contribution in [0.5, 0.6) is 0 Å². The zero-order chi connectivity index (χ0) is 10.1. The van der Waals surface area contributed by atoms with E-state index >= 15 is 0 Å². The monoisotopic (exact) mass is 188 g/mol. The van der Waals surface area contributed by atoms with Gasteiger partial charge in [0.05, 0.1) is 5.69 Å². The Morgan fingerprint density at radius 1 is 1.46 bits per heavy atom. The number of hydrogen-bond acceptors (Lipinski definition) is 2. The Morgan fingerprint density at radius 2 is 2.08 bits per heavy atom. The van der Waals surface area contributed by atoms with Gasteiger partial charge in [-0.1, -0.05) is 6.58 Å². The highest BCUT2D eigenvalue weighted by atomic mass is 19.4. The summed E-state index contributed by atoms with van der Waals surface area (Å²) in [5.74, 6) is -1.13. The van der Waals surface area contributed by atoms with Gasteiger partial charge in [0.15, 0.2) is 0 Å². The fraction of sp³-hybridized carbons (Fsp3) is 0.250. The van der Waals surface area contributed by atoms with Crippen molar-refractivity contribution in [1.29, 1.82) is 0 Å². The summed E-state index contributed by atoms with van der Waals surface area (Å²) in [6, 6.07) is 1.39. The molecule has 0 amide bonds. The van der Waals surface area contributed by atoms with E-state index in [1.165, 1.54) is 6.07 Å². The Kier molecular flexibility index (Phi) is 2.36. The molecule has 0 aromatic carbocycles. The second kappa shape index (κ2) is 3.16. The molecule has 0 aliphatic heterocycles. The van der Waals surface area contributed by atoms with Crippen molar-refractivity contribution in [2.24, 2.45) is 0 Å². The molecule has 1 rings (SSSR count). The van der Waals surface area contributed by atoms with E-state index in [1.54, 1.807) is 6.92 Å². The van der Waals surface area contributed by atoms with Crippen molar-refractivity contribution in [3.63, 3.8) is 0 Å². The third-order valence-electron chi connectivity index (χ3n) is 1.35. The largest absolute Gasteiger partial charge is 0.451 e. The van der Waals surface area contributed by atoms with Crippen LogP contribution >= 0.6 is 0 Å². The highest BCUT2D eigenvalue weighted by molar-refractivity contribution is 5.57. The van der Waals surface area contributed by atoms with Crippen molar-refractivity contribution >= 4 is 5.57 Å². The molecule has 1 heterocycles. The molecule has 0 spiro atoms. The molecule has 0 fully saturated rings. The molecular formula is C8H7F3N2. The first kappa shape index (κ1) is 9.70. The van der Waals surface area contributed by atoms with Crippen LogP contribution in [0.25, 0.3) is 5.57 Å². The maximum atomic E-state index is 12.1.